The maximum Gasteiger partial charge on any atom is 0.0624 e. The minimum Gasteiger partial charge on any atom is -0.353 e. The second-order valence-electron chi connectivity index (χ2n) is 7.86. The molecule has 1 N–H and O–H groups in total. The summed E-state index contributed by atoms with van der Waals surface area (Å²) in [6, 6.07) is 27.3. The molecule has 1 heteroatoms. The van der Waals surface area contributed by atoms with Crippen LogP contribution in [-0.4, -0.2) is 4.98 Å². The summed E-state index contributed by atoms with van der Waals surface area (Å²) < 4.78 is 0. The molecule has 0 aliphatic heterocycles. The van der Waals surface area contributed by atoms with E-state index in [0.29, 0.717) is 0 Å². The van der Waals surface area contributed by atoms with Crippen LogP contribution in [0.3, 0.4) is 0 Å². The summed E-state index contributed by atoms with van der Waals surface area (Å²) in [7, 11) is 0. The Bertz CT molecular complexity index is 1130. The first-order chi connectivity index (χ1) is 13.0. The van der Waals surface area contributed by atoms with Crippen LogP contribution in [-0.2, 0) is 5.41 Å². The smallest absolute Gasteiger partial charge is 0.0624 e. The molecular weight excluding hydrogens is 326 g/mol. The highest BCUT2D eigenvalue weighted by atomic mass is 14.7. The molecule has 0 saturated carbocycles. The van der Waals surface area contributed by atoms with Gasteiger partial charge < -0.3 is 4.98 Å². The molecule has 0 amide bonds. The largest absolute Gasteiger partial charge is 0.353 e. The number of hydrogen-bond acceptors (Lipinski definition) is 0. The molecule has 0 radical (unpaired) electrons. The maximum absolute atomic E-state index is 3.57. The van der Waals surface area contributed by atoms with Crippen LogP contribution < -0.4 is 0 Å². The first kappa shape index (κ1) is 17.2. The highest BCUT2D eigenvalue weighted by Gasteiger charge is 2.15. The van der Waals surface area contributed by atoms with E-state index in [4.69, 9.17) is 0 Å². The number of benzene rings is 3. The van der Waals surface area contributed by atoms with E-state index in [2.05, 4.69) is 86.1 Å². The van der Waals surface area contributed by atoms with Crippen molar-refractivity contribution in [3.05, 3.63) is 95.6 Å². The third kappa shape index (κ3) is 3.52. The average molecular weight is 349 g/mol. The van der Waals surface area contributed by atoms with E-state index in [9.17, 15) is 0 Å². The highest BCUT2D eigenvalue weighted by Crippen LogP contribution is 2.31. The van der Waals surface area contributed by atoms with Gasteiger partial charge in [-0.2, -0.15) is 0 Å². The standard InChI is InChI=1S/C26H23N/c1-26(2,3)21-16-14-20(15-17-21)25-23(18-13-19-9-5-4-6-10-19)22-11-7-8-12-24(22)27-25/h4-12,14-17,27H,1-3H3. The zero-order valence-corrected chi connectivity index (χ0v) is 16.0. The summed E-state index contributed by atoms with van der Waals surface area (Å²) in [5, 5.41) is 1.16. The number of H-pyrrole nitrogens is 1. The Morgan fingerprint density at radius 1 is 0.704 bits per heavy atom. The molecule has 0 fully saturated rings. The van der Waals surface area contributed by atoms with Gasteiger partial charge in [0.15, 0.2) is 0 Å². The lowest BCUT2D eigenvalue weighted by Crippen LogP contribution is -2.10. The van der Waals surface area contributed by atoms with Crippen molar-refractivity contribution in [2.24, 2.45) is 0 Å². The Kier molecular flexibility index (Phi) is 4.34. The monoisotopic (exact) mass is 349 g/mol. The van der Waals surface area contributed by atoms with Crippen LogP contribution in [0.2, 0.25) is 0 Å². The first-order valence-electron chi connectivity index (χ1n) is 9.31. The second kappa shape index (κ2) is 6.82. The normalized spacial score (nSPS) is 11.2. The molecule has 0 atom stereocenters. The van der Waals surface area contributed by atoms with E-state index >= 15 is 0 Å². The molecule has 0 aliphatic rings. The number of para-hydroxylation sites is 1. The second-order valence-corrected chi connectivity index (χ2v) is 7.86. The van der Waals surface area contributed by atoms with Crippen molar-refractivity contribution in [3.8, 4) is 23.1 Å². The zero-order valence-electron chi connectivity index (χ0n) is 16.0. The molecule has 4 rings (SSSR count). The van der Waals surface area contributed by atoms with Gasteiger partial charge in [0.1, 0.15) is 0 Å². The van der Waals surface area contributed by atoms with Crippen molar-refractivity contribution in [1.29, 1.82) is 0 Å². The van der Waals surface area contributed by atoms with Gasteiger partial charge in [0.05, 0.1) is 11.3 Å². The lowest BCUT2D eigenvalue weighted by molar-refractivity contribution is 0.590. The van der Waals surface area contributed by atoms with Gasteiger partial charge in [0, 0.05) is 16.5 Å². The number of hydrogen-bond donors (Lipinski definition) is 1. The van der Waals surface area contributed by atoms with Crippen LogP contribution in [0.5, 0.6) is 0 Å². The van der Waals surface area contributed by atoms with E-state index in [1.165, 1.54) is 5.56 Å². The summed E-state index contributed by atoms with van der Waals surface area (Å²) in [6.45, 7) is 6.71. The molecule has 27 heavy (non-hydrogen) atoms. The van der Waals surface area contributed by atoms with E-state index < -0.39 is 0 Å². The lowest BCUT2D eigenvalue weighted by atomic mass is 9.86. The third-order valence-electron chi connectivity index (χ3n) is 4.85. The first-order valence-corrected chi connectivity index (χ1v) is 9.31. The molecule has 1 nitrogen and oxygen atoms in total. The maximum atomic E-state index is 3.57. The molecular formula is C26H23N. The van der Waals surface area contributed by atoms with Crippen LogP contribution in [0.1, 0.15) is 37.5 Å². The zero-order chi connectivity index (χ0) is 18.9. The topological polar surface area (TPSA) is 15.8 Å². The van der Waals surface area contributed by atoms with Gasteiger partial charge >= 0.3 is 0 Å². The Hall–Kier alpha value is -3.24. The van der Waals surface area contributed by atoms with Gasteiger partial charge in [-0.15, -0.1) is 0 Å². The van der Waals surface area contributed by atoms with Crippen molar-refractivity contribution >= 4 is 10.9 Å². The summed E-state index contributed by atoms with van der Waals surface area (Å²) in [6.07, 6.45) is 0. The Morgan fingerprint density at radius 2 is 1.37 bits per heavy atom. The Morgan fingerprint density at radius 3 is 2.07 bits per heavy atom. The van der Waals surface area contributed by atoms with Crippen LogP contribution in [0.15, 0.2) is 78.9 Å². The van der Waals surface area contributed by atoms with Gasteiger partial charge in [0.25, 0.3) is 0 Å². The number of aromatic amines is 1. The highest BCUT2D eigenvalue weighted by molar-refractivity contribution is 5.94. The molecule has 0 bridgehead atoms. The van der Waals surface area contributed by atoms with Crippen LogP contribution in [0, 0.1) is 11.8 Å². The van der Waals surface area contributed by atoms with E-state index in [-0.39, 0.29) is 5.41 Å². The fourth-order valence-corrected chi connectivity index (χ4v) is 3.28. The lowest BCUT2D eigenvalue weighted by Gasteiger charge is -2.19. The van der Waals surface area contributed by atoms with Crippen molar-refractivity contribution in [1.82, 2.24) is 4.98 Å². The Labute approximate surface area is 161 Å². The number of rotatable bonds is 1. The summed E-state index contributed by atoms with van der Waals surface area (Å²) in [4.78, 5) is 3.57. The molecule has 3 aromatic carbocycles. The minimum absolute atomic E-state index is 0.148. The van der Waals surface area contributed by atoms with Crippen LogP contribution >= 0.6 is 0 Å². The minimum atomic E-state index is 0.148. The number of aromatic nitrogens is 1. The SMILES string of the molecule is CC(C)(C)c1ccc(-c2[nH]c3ccccc3c2C#Cc2ccccc2)cc1. The summed E-state index contributed by atoms with van der Waals surface area (Å²) in [5.74, 6) is 6.73. The van der Waals surface area contributed by atoms with E-state index in [0.717, 1.165) is 33.3 Å². The molecule has 0 unspecified atom stereocenters. The number of fused-ring (bicyclic) bond motifs is 1. The molecule has 0 spiro atoms. The fraction of sp³-hybridized carbons (Fsp3) is 0.154. The molecule has 1 heterocycles. The molecule has 0 aliphatic carbocycles. The van der Waals surface area contributed by atoms with Gasteiger partial charge in [-0.1, -0.05) is 93.3 Å². The molecule has 4 aromatic rings. The fourth-order valence-electron chi connectivity index (χ4n) is 3.28. The number of nitrogens with one attached hydrogen (secondary N) is 1. The van der Waals surface area contributed by atoms with Crippen molar-refractivity contribution in [2.45, 2.75) is 26.2 Å². The average Bonchev–Trinajstić information content (AvgIpc) is 3.05. The van der Waals surface area contributed by atoms with Gasteiger partial charge in [-0.3, -0.25) is 0 Å². The van der Waals surface area contributed by atoms with E-state index in [1.54, 1.807) is 0 Å². The summed E-state index contributed by atoms with van der Waals surface area (Å²) >= 11 is 0. The molecule has 132 valence electrons. The van der Waals surface area contributed by atoms with Crippen molar-refractivity contribution in [2.75, 3.05) is 0 Å². The van der Waals surface area contributed by atoms with Gasteiger partial charge in [-0.05, 0) is 34.7 Å². The third-order valence-corrected chi connectivity index (χ3v) is 4.85. The quantitative estimate of drug-likeness (QED) is 0.376. The molecule has 1 aromatic heterocycles. The predicted molar refractivity (Wildman–Crippen MR) is 115 cm³/mol. The summed E-state index contributed by atoms with van der Waals surface area (Å²) in [5.41, 5.74) is 6.92. The van der Waals surface area contributed by atoms with Crippen LogP contribution in [0.4, 0.5) is 0 Å². The Balaban J connectivity index is 1.85. The predicted octanol–water partition coefficient (Wildman–Crippen LogP) is 6.53. The van der Waals surface area contributed by atoms with Crippen LogP contribution in [0.25, 0.3) is 22.2 Å². The van der Waals surface area contributed by atoms with Gasteiger partial charge in [-0.25, -0.2) is 0 Å². The molecule has 0 saturated heterocycles. The van der Waals surface area contributed by atoms with Crippen molar-refractivity contribution in [3.63, 3.8) is 0 Å². The van der Waals surface area contributed by atoms with Crippen molar-refractivity contribution < 1.29 is 0 Å². The van der Waals surface area contributed by atoms with E-state index in [1.807, 2.05) is 30.3 Å². The van der Waals surface area contributed by atoms with Gasteiger partial charge in [0.2, 0.25) is 0 Å².